The fourth-order valence-corrected chi connectivity index (χ4v) is 2.63. The Morgan fingerprint density at radius 3 is 2.91 bits per heavy atom. The van der Waals surface area contributed by atoms with Crippen LogP contribution in [0.25, 0.3) is 11.0 Å². The normalized spacial score (nSPS) is 14.4. The molecule has 0 atom stereocenters. The van der Waals surface area contributed by atoms with Gasteiger partial charge in [-0.2, -0.15) is 0 Å². The average Bonchev–Trinajstić information content (AvgIpc) is 3.09. The maximum absolute atomic E-state index is 12.7. The molecule has 4 rings (SSSR count). The highest BCUT2D eigenvalue weighted by atomic mass is 16.3. The summed E-state index contributed by atoms with van der Waals surface area (Å²) in [4.78, 5) is 14.5. The molecule has 2 heterocycles. The van der Waals surface area contributed by atoms with Crippen molar-refractivity contribution in [2.24, 2.45) is 0 Å². The topological polar surface area (TPSA) is 64.2 Å². The van der Waals surface area contributed by atoms with Crippen LogP contribution < -0.4 is 0 Å². The van der Waals surface area contributed by atoms with Gasteiger partial charge in [-0.25, -0.2) is 4.68 Å². The molecule has 1 aliphatic carbocycles. The van der Waals surface area contributed by atoms with Crippen LogP contribution in [0.1, 0.15) is 18.6 Å². The minimum absolute atomic E-state index is 0.0505. The first-order valence-corrected chi connectivity index (χ1v) is 7.41. The molecule has 3 aromatic rings. The smallest absolute Gasteiger partial charge is 0.245 e. The van der Waals surface area contributed by atoms with E-state index in [1.54, 1.807) is 10.9 Å². The van der Waals surface area contributed by atoms with Gasteiger partial charge in [0, 0.05) is 6.04 Å². The van der Waals surface area contributed by atoms with E-state index < -0.39 is 0 Å². The van der Waals surface area contributed by atoms with Crippen molar-refractivity contribution in [3.63, 3.8) is 0 Å². The van der Waals surface area contributed by atoms with Gasteiger partial charge in [-0.3, -0.25) is 4.79 Å². The fourth-order valence-electron chi connectivity index (χ4n) is 2.63. The number of benzene rings is 1. The third-order valence-corrected chi connectivity index (χ3v) is 3.92. The van der Waals surface area contributed by atoms with E-state index in [1.165, 1.54) is 0 Å². The number of carbonyl (C=O) groups is 1. The Labute approximate surface area is 127 Å². The largest absolute Gasteiger partial charge is 0.467 e. The second kappa shape index (κ2) is 5.29. The standard InChI is InChI=1S/C16H16N4O2/c21-16(11-20-15-6-2-1-5-14(15)17-18-20)19(12-7-8-12)10-13-4-3-9-22-13/h1-6,9,12H,7-8,10-11H2. The third kappa shape index (κ3) is 2.47. The highest BCUT2D eigenvalue weighted by Gasteiger charge is 2.33. The lowest BCUT2D eigenvalue weighted by Crippen LogP contribution is -2.35. The van der Waals surface area contributed by atoms with Gasteiger partial charge in [-0.1, -0.05) is 17.3 Å². The average molecular weight is 296 g/mol. The number of carbonyl (C=O) groups excluding carboxylic acids is 1. The van der Waals surface area contributed by atoms with Gasteiger partial charge in [0.2, 0.25) is 5.91 Å². The Kier molecular flexibility index (Phi) is 3.14. The van der Waals surface area contributed by atoms with E-state index in [2.05, 4.69) is 10.3 Å². The van der Waals surface area contributed by atoms with Gasteiger partial charge in [0.1, 0.15) is 17.8 Å². The molecule has 112 valence electrons. The Morgan fingerprint density at radius 2 is 2.14 bits per heavy atom. The van der Waals surface area contributed by atoms with Crippen LogP contribution in [0.4, 0.5) is 0 Å². The number of furan rings is 1. The molecule has 0 saturated heterocycles. The summed E-state index contributed by atoms with van der Waals surface area (Å²) in [6, 6.07) is 11.7. The van der Waals surface area contributed by atoms with Crippen molar-refractivity contribution in [1.82, 2.24) is 19.9 Å². The maximum atomic E-state index is 12.7. The molecule has 0 N–H and O–H groups in total. The molecule has 0 radical (unpaired) electrons. The van der Waals surface area contributed by atoms with Crippen molar-refractivity contribution in [2.75, 3.05) is 0 Å². The fraction of sp³-hybridized carbons (Fsp3) is 0.312. The Hall–Kier alpha value is -2.63. The second-order valence-corrected chi connectivity index (χ2v) is 5.57. The summed E-state index contributed by atoms with van der Waals surface area (Å²) in [6.45, 7) is 0.723. The van der Waals surface area contributed by atoms with E-state index in [1.807, 2.05) is 41.3 Å². The van der Waals surface area contributed by atoms with E-state index >= 15 is 0 Å². The molecule has 1 aromatic carbocycles. The molecule has 0 aliphatic heterocycles. The van der Waals surface area contributed by atoms with Crippen molar-refractivity contribution in [2.45, 2.75) is 32.0 Å². The van der Waals surface area contributed by atoms with Crippen molar-refractivity contribution in [3.05, 3.63) is 48.4 Å². The zero-order valence-electron chi connectivity index (χ0n) is 12.1. The van der Waals surface area contributed by atoms with Gasteiger partial charge in [-0.15, -0.1) is 5.10 Å². The number of hydrogen-bond donors (Lipinski definition) is 0. The van der Waals surface area contributed by atoms with E-state index in [0.717, 1.165) is 29.6 Å². The molecule has 2 aromatic heterocycles. The van der Waals surface area contributed by atoms with Gasteiger partial charge < -0.3 is 9.32 Å². The molecule has 22 heavy (non-hydrogen) atoms. The van der Waals surface area contributed by atoms with Crippen molar-refractivity contribution >= 4 is 16.9 Å². The van der Waals surface area contributed by atoms with Gasteiger partial charge in [0.25, 0.3) is 0 Å². The molecule has 6 heteroatoms. The number of hydrogen-bond acceptors (Lipinski definition) is 4. The van der Waals surface area contributed by atoms with Crippen LogP contribution in [0.2, 0.25) is 0 Å². The molecule has 1 aliphatic rings. The molecule has 6 nitrogen and oxygen atoms in total. The van der Waals surface area contributed by atoms with Crippen molar-refractivity contribution < 1.29 is 9.21 Å². The van der Waals surface area contributed by atoms with Crippen LogP contribution >= 0.6 is 0 Å². The van der Waals surface area contributed by atoms with Crippen molar-refractivity contribution in [3.8, 4) is 0 Å². The minimum atomic E-state index is 0.0505. The minimum Gasteiger partial charge on any atom is -0.467 e. The molecule has 0 unspecified atom stereocenters. The van der Waals surface area contributed by atoms with E-state index in [0.29, 0.717) is 12.6 Å². The van der Waals surface area contributed by atoms with Crippen LogP contribution in [0.15, 0.2) is 47.1 Å². The summed E-state index contributed by atoms with van der Waals surface area (Å²) in [5.41, 5.74) is 1.68. The van der Waals surface area contributed by atoms with Crippen LogP contribution in [0.5, 0.6) is 0 Å². The number of rotatable bonds is 5. The summed E-state index contributed by atoms with van der Waals surface area (Å²) in [6.07, 6.45) is 3.75. The maximum Gasteiger partial charge on any atom is 0.245 e. The Morgan fingerprint density at radius 1 is 1.27 bits per heavy atom. The predicted octanol–water partition coefficient (Wildman–Crippen LogP) is 2.22. The third-order valence-electron chi connectivity index (χ3n) is 3.92. The predicted molar refractivity (Wildman–Crippen MR) is 79.8 cm³/mol. The van der Waals surface area contributed by atoms with E-state index in [-0.39, 0.29) is 12.5 Å². The number of nitrogens with zero attached hydrogens (tertiary/aromatic N) is 4. The quantitative estimate of drug-likeness (QED) is 0.724. The molecule has 0 spiro atoms. The first-order chi connectivity index (χ1) is 10.8. The Bertz CT molecular complexity index is 789. The number of aromatic nitrogens is 3. The van der Waals surface area contributed by atoms with Crippen LogP contribution in [0, 0.1) is 0 Å². The van der Waals surface area contributed by atoms with Crippen LogP contribution in [0.3, 0.4) is 0 Å². The molecule has 1 fully saturated rings. The summed E-state index contributed by atoms with van der Waals surface area (Å²) >= 11 is 0. The SMILES string of the molecule is O=C(Cn1nnc2ccccc21)N(Cc1ccco1)C1CC1. The summed E-state index contributed by atoms with van der Waals surface area (Å²) in [5, 5.41) is 8.18. The Balaban J connectivity index is 1.54. The molecule has 0 bridgehead atoms. The lowest BCUT2D eigenvalue weighted by atomic mass is 10.3. The summed E-state index contributed by atoms with van der Waals surface area (Å²) in [5.74, 6) is 0.859. The first-order valence-electron chi connectivity index (χ1n) is 7.41. The summed E-state index contributed by atoms with van der Waals surface area (Å²) in [7, 11) is 0. The number of fused-ring (bicyclic) bond motifs is 1. The number of para-hydroxylation sites is 1. The lowest BCUT2D eigenvalue weighted by molar-refractivity contribution is -0.133. The first kappa shape index (κ1) is 13.1. The zero-order valence-corrected chi connectivity index (χ0v) is 12.1. The van der Waals surface area contributed by atoms with Crippen LogP contribution in [-0.4, -0.2) is 31.8 Å². The van der Waals surface area contributed by atoms with Crippen LogP contribution in [-0.2, 0) is 17.9 Å². The van der Waals surface area contributed by atoms with Gasteiger partial charge >= 0.3 is 0 Å². The molecular weight excluding hydrogens is 280 g/mol. The number of amides is 1. The monoisotopic (exact) mass is 296 g/mol. The molecule has 1 saturated carbocycles. The van der Waals surface area contributed by atoms with E-state index in [4.69, 9.17) is 4.42 Å². The second-order valence-electron chi connectivity index (χ2n) is 5.57. The van der Waals surface area contributed by atoms with Gasteiger partial charge in [-0.05, 0) is 37.1 Å². The van der Waals surface area contributed by atoms with Gasteiger partial charge in [0.05, 0.1) is 18.3 Å². The van der Waals surface area contributed by atoms with E-state index in [9.17, 15) is 4.79 Å². The highest BCUT2D eigenvalue weighted by molar-refractivity contribution is 5.80. The highest BCUT2D eigenvalue weighted by Crippen LogP contribution is 2.29. The lowest BCUT2D eigenvalue weighted by Gasteiger charge is -2.21. The van der Waals surface area contributed by atoms with Crippen molar-refractivity contribution in [1.29, 1.82) is 0 Å². The molecular formula is C16H16N4O2. The summed E-state index contributed by atoms with van der Waals surface area (Å²) < 4.78 is 7.03. The van der Waals surface area contributed by atoms with Gasteiger partial charge in [0.15, 0.2) is 0 Å². The zero-order chi connectivity index (χ0) is 14.9. The molecule has 1 amide bonds.